The van der Waals surface area contributed by atoms with Crippen LogP contribution >= 0.6 is 0 Å². The summed E-state index contributed by atoms with van der Waals surface area (Å²) >= 11 is 0. The summed E-state index contributed by atoms with van der Waals surface area (Å²) in [6.07, 6.45) is 1.96. The fourth-order valence-corrected chi connectivity index (χ4v) is 2.08. The van der Waals surface area contributed by atoms with E-state index >= 15 is 0 Å². The summed E-state index contributed by atoms with van der Waals surface area (Å²) in [4.78, 5) is 11.6. The molecule has 1 saturated carbocycles. The zero-order chi connectivity index (χ0) is 14.7. The number of hydrogen-bond acceptors (Lipinski definition) is 4. The number of aromatic nitrogens is 2. The van der Waals surface area contributed by atoms with E-state index in [1.165, 1.54) is 11.1 Å². The minimum atomic E-state index is 0.0461. The highest BCUT2D eigenvalue weighted by molar-refractivity contribution is 5.93. The van der Waals surface area contributed by atoms with E-state index in [9.17, 15) is 4.79 Å². The Labute approximate surface area is 123 Å². The van der Waals surface area contributed by atoms with E-state index in [0.29, 0.717) is 18.2 Å². The van der Waals surface area contributed by atoms with E-state index < -0.39 is 0 Å². The molecule has 1 amide bonds. The molecule has 1 fully saturated rings. The first-order valence-corrected chi connectivity index (χ1v) is 7.15. The summed E-state index contributed by atoms with van der Waals surface area (Å²) in [7, 11) is 0. The number of hydrogen-bond donors (Lipinski definition) is 2. The molecule has 1 aliphatic carbocycles. The predicted molar refractivity (Wildman–Crippen MR) is 81.9 cm³/mol. The largest absolute Gasteiger partial charge is 0.365 e. The Bertz CT molecular complexity index is 635. The molecule has 1 aliphatic rings. The number of benzene rings is 1. The van der Waals surface area contributed by atoms with Gasteiger partial charge in [0.25, 0.3) is 0 Å². The Hall–Kier alpha value is -2.43. The molecule has 1 heterocycles. The number of rotatable bonds is 5. The van der Waals surface area contributed by atoms with Crippen LogP contribution in [0.1, 0.15) is 24.0 Å². The molecule has 5 heteroatoms. The van der Waals surface area contributed by atoms with Gasteiger partial charge in [0.15, 0.2) is 5.82 Å². The maximum atomic E-state index is 11.6. The highest BCUT2D eigenvalue weighted by Gasteiger charge is 2.29. The van der Waals surface area contributed by atoms with Gasteiger partial charge in [-0.3, -0.25) is 4.79 Å². The van der Waals surface area contributed by atoms with Crippen LogP contribution in [0.25, 0.3) is 0 Å². The highest BCUT2D eigenvalue weighted by atomic mass is 16.2. The standard InChI is InChI=1S/C16H18N4O/c1-11-3-2-4-12(9-11)10-17-14-7-8-15(20-19-14)18-16(21)13-5-6-13/h2-4,7-9,13H,5-6,10H2,1H3,(H,17,19)(H,18,20,21). The summed E-state index contributed by atoms with van der Waals surface area (Å²) < 4.78 is 0. The molecule has 1 aromatic heterocycles. The first-order chi connectivity index (χ1) is 10.2. The highest BCUT2D eigenvalue weighted by Crippen LogP contribution is 2.29. The number of aryl methyl sites for hydroxylation is 1. The van der Waals surface area contributed by atoms with Gasteiger partial charge in [-0.1, -0.05) is 29.8 Å². The molecule has 0 aliphatic heterocycles. The van der Waals surface area contributed by atoms with Crippen LogP contribution in [0.4, 0.5) is 11.6 Å². The molecule has 1 aromatic carbocycles. The molecule has 108 valence electrons. The van der Waals surface area contributed by atoms with Crippen LogP contribution in [-0.2, 0) is 11.3 Å². The molecule has 5 nitrogen and oxygen atoms in total. The van der Waals surface area contributed by atoms with Gasteiger partial charge in [0.1, 0.15) is 5.82 Å². The van der Waals surface area contributed by atoms with Gasteiger partial charge in [0, 0.05) is 12.5 Å². The number of nitrogens with zero attached hydrogens (tertiary/aromatic N) is 2. The smallest absolute Gasteiger partial charge is 0.228 e. The quantitative estimate of drug-likeness (QED) is 0.885. The summed E-state index contributed by atoms with van der Waals surface area (Å²) in [5.74, 6) is 1.42. The Balaban J connectivity index is 1.55. The van der Waals surface area contributed by atoms with Crippen LogP contribution in [0.2, 0.25) is 0 Å². The fraction of sp³-hybridized carbons (Fsp3) is 0.312. The van der Waals surface area contributed by atoms with Crippen molar-refractivity contribution in [1.29, 1.82) is 0 Å². The van der Waals surface area contributed by atoms with E-state index in [-0.39, 0.29) is 11.8 Å². The van der Waals surface area contributed by atoms with Crippen LogP contribution in [0.5, 0.6) is 0 Å². The van der Waals surface area contributed by atoms with E-state index in [2.05, 4.69) is 46.0 Å². The van der Waals surface area contributed by atoms with Gasteiger partial charge in [0.2, 0.25) is 5.91 Å². The van der Waals surface area contributed by atoms with Crippen LogP contribution in [0.3, 0.4) is 0 Å². The first-order valence-electron chi connectivity index (χ1n) is 7.15. The molecule has 0 spiro atoms. The maximum Gasteiger partial charge on any atom is 0.228 e. The average Bonchev–Trinajstić information content (AvgIpc) is 3.31. The van der Waals surface area contributed by atoms with Crippen LogP contribution in [-0.4, -0.2) is 16.1 Å². The third kappa shape index (κ3) is 3.78. The Morgan fingerprint density at radius 1 is 1.19 bits per heavy atom. The fourth-order valence-electron chi connectivity index (χ4n) is 2.08. The third-order valence-corrected chi connectivity index (χ3v) is 3.42. The SMILES string of the molecule is Cc1cccc(CNc2ccc(NC(=O)C3CC3)nn2)c1. The van der Waals surface area contributed by atoms with Crippen molar-refractivity contribution in [2.45, 2.75) is 26.3 Å². The normalized spacial score (nSPS) is 13.8. The van der Waals surface area contributed by atoms with E-state index in [1.807, 2.05) is 12.1 Å². The van der Waals surface area contributed by atoms with E-state index in [1.54, 1.807) is 6.07 Å². The number of amides is 1. The van der Waals surface area contributed by atoms with E-state index in [0.717, 1.165) is 12.8 Å². The zero-order valence-corrected chi connectivity index (χ0v) is 12.0. The summed E-state index contributed by atoms with van der Waals surface area (Å²) in [6.45, 7) is 2.77. The maximum absolute atomic E-state index is 11.6. The second kappa shape index (κ2) is 5.91. The van der Waals surface area contributed by atoms with Crippen molar-refractivity contribution in [3.8, 4) is 0 Å². The average molecular weight is 282 g/mol. The molecule has 0 saturated heterocycles. The molecule has 2 aromatic rings. The van der Waals surface area contributed by atoms with Gasteiger partial charge < -0.3 is 10.6 Å². The lowest BCUT2D eigenvalue weighted by Crippen LogP contribution is -2.15. The summed E-state index contributed by atoms with van der Waals surface area (Å²) in [5, 5.41) is 14.1. The molecular weight excluding hydrogens is 264 g/mol. The number of anilines is 2. The van der Waals surface area contributed by atoms with E-state index in [4.69, 9.17) is 0 Å². The molecule has 2 N–H and O–H groups in total. The topological polar surface area (TPSA) is 66.9 Å². The number of nitrogens with one attached hydrogen (secondary N) is 2. The van der Waals surface area contributed by atoms with Crippen molar-refractivity contribution in [1.82, 2.24) is 10.2 Å². The monoisotopic (exact) mass is 282 g/mol. The minimum absolute atomic E-state index is 0.0461. The lowest BCUT2D eigenvalue weighted by atomic mass is 10.1. The number of carbonyl (C=O) groups is 1. The molecular formula is C16H18N4O. The predicted octanol–water partition coefficient (Wildman–Crippen LogP) is 2.75. The number of carbonyl (C=O) groups excluding carboxylic acids is 1. The van der Waals surface area contributed by atoms with Gasteiger partial charge >= 0.3 is 0 Å². The van der Waals surface area contributed by atoms with Crippen molar-refractivity contribution in [3.05, 3.63) is 47.5 Å². The van der Waals surface area contributed by atoms with Crippen LogP contribution in [0.15, 0.2) is 36.4 Å². The lowest BCUT2D eigenvalue weighted by Gasteiger charge is -2.07. The van der Waals surface area contributed by atoms with Crippen LogP contribution < -0.4 is 10.6 Å². The Morgan fingerprint density at radius 3 is 2.62 bits per heavy atom. The van der Waals surface area contributed by atoms with Gasteiger partial charge in [-0.05, 0) is 37.5 Å². The molecule has 0 unspecified atom stereocenters. The van der Waals surface area contributed by atoms with Gasteiger partial charge in [-0.25, -0.2) is 0 Å². The summed E-state index contributed by atoms with van der Waals surface area (Å²) in [6, 6.07) is 11.9. The van der Waals surface area contributed by atoms with Crippen molar-refractivity contribution < 1.29 is 4.79 Å². The van der Waals surface area contributed by atoms with Crippen molar-refractivity contribution in [2.24, 2.45) is 5.92 Å². The van der Waals surface area contributed by atoms with Gasteiger partial charge in [0.05, 0.1) is 0 Å². The third-order valence-electron chi connectivity index (χ3n) is 3.42. The molecule has 0 bridgehead atoms. The Morgan fingerprint density at radius 2 is 1.95 bits per heavy atom. The molecule has 0 atom stereocenters. The summed E-state index contributed by atoms with van der Waals surface area (Å²) in [5.41, 5.74) is 2.43. The molecule has 21 heavy (non-hydrogen) atoms. The minimum Gasteiger partial charge on any atom is -0.365 e. The van der Waals surface area contributed by atoms with Crippen molar-refractivity contribution in [2.75, 3.05) is 10.6 Å². The van der Waals surface area contributed by atoms with Crippen molar-refractivity contribution >= 4 is 17.5 Å². The second-order valence-corrected chi connectivity index (χ2v) is 5.41. The Kier molecular flexibility index (Phi) is 3.81. The molecule has 0 radical (unpaired) electrons. The van der Waals surface area contributed by atoms with Crippen molar-refractivity contribution in [3.63, 3.8) is 0 Å². The van der Waals surface area contributed by atoms with Crippen LogP contribution in [0, 0.1) is 12.8 Å². The zero-order valence-electron chi connectivity index (χ0n) is 12.0. The second-order valence-electron chi connectivity index (χ2n) is 5.41. The van der Waals surface area contributed by atoms with Gasteiger partial charge in [-0.15, -0.1) is 10.2 Å². The van der Waals surface area contributed by atoms with Gasteiger partial charge in [-0.2, -0.15) is 0 Å². The first kappa shape index (κ1) is 13.5. The molecule has 3 rings (SSSR count). The lowest BCUT2D eigenvalue weighted by molar-refractivity contribution is -0.117.